The van der Waals surface area contributed by atoms with Gasteiger partial charge in [0.15, 0.2) is 0 Å². The van der Waals surface area contributed by atoms with E-state index in [1.807, 2.05) is 45.1 Å². The molecule has 4 heteroatoms. The second-order valence-corrected chi connectivity index (χ2v) is 7.56. The maximum atomic E-state index is 9.22. The summed E-state index contributed by atoms with van der Waals surface area (Å²) in [7, 11) is 0. The molecule has 2 rings (SSSR count). The van der Waals surface area contributed by atoms with Crippen molar-refractivity contribution in [2.24, 2.45) is 5.41 Å². The number of benzene rings is 1. The molecule has 0 bridgehead atoms. The van der Waals surface area contributed by atoms with Crippen molar-refractivity contribution in [3.8, 4) is 12.1 Å². The van der Waals surface area contributed by atoms with Crippen LogP contribution in [0.15, 0.2) is 65.2 Å². The number of nitrogens with zero attached hydrogens (tertiary/aromatic N) is 3. The summed E-state index contributed by atoms with van der Waals surface area (Å²) in [6.45, 7) is 12.3. The number of nitriles is 2. The van der Waals surface area contributed by atoms with Crippen LogP contribution in [0, 0.1) is 28.1 Å². The molecule has 0 aromatic heterocycles. The molecule has 1 aliphatic heterocycles. The van der Waals surface area contributed by atoms with Crippen LogP contribution in [-0.4, -0.2) is 13.1 Å². The van der Waals surface area contributed by atoms with Crippen molar-refractivity contribution in [3.05, 3.63) is 70.7 Å². The first-order valence-corrected chi connectivity index (χ1v) is 9.51. The van der Waals surface area contributed by atoms with Crippen molar-refractivity contribution >= 4 is 11.8 Å². The van der Waals surface area contributed by atoms with Gasteiger partial charge in [0.1, 0.15) is 29.2 Å². The average molecular weight is 374 g/mol. The summed E-state index contributed by atoms with van der Waals surface area (Å²) >= 11 is 0. The Morgan fingerprint density at radius 2 is 1.61 bits per heavy atom. The van der Waals surface area contributed by atoms with Crippen molar-refractivity contribution in [3.63, 3.8) is 0 Å². The topological polar surface area (TPSA) is 60.0 Å². The fourth-order valence-electron chi connectivity index (χ4n) is 2.84. The fraction of sp³-hybridized carbons (Fsp3) is 0.333. The van der Waals surface area contributed by atoms with Gasteiger partial charge in [-0.2, -0.15) is 10.5 Å². The summed E-state index contributed by atoms with van der Waals surface area (Å²) < 4.78 is 6.01. The lowest BCUT2D eigenvalue weighted by Gasteiger charge is -2.26. The molecule has 0 saturated heterocycles. The van der Waals surface area contributed by atoms with E-state index in [0.717, 1.165) is 24.4 Å². The minimum absolute atomic E-state index is 0.0829. The first kappa shape index (κ1) is 21.1. The van der Waals surface area contributed by atoms with Crippen LogP contribution in [0.3, 0.4) is 0 Å². The van der Waals surface area contributed by atoms with Crippen LogP contribution < -0.4 is 4.90 Å². The van der Waals surface area contributed by atoms with Gasteiger partial charge in [0, 0.05) is 29.8 Å². The second kappa shape index (κ2) is 9.11. The number of anilines is 1. The first-order valence-electron chi connectivity index (χ1n) is 9.51. The molecular weight excluding hydrogens is 346 g/mol. The lowest BCUT2D eigenvalue weighted by Crippen LogP contribution is -2.21. The molecule has 0 atom stereocenters. The molecule has 4 nitrogen and oxygen atoms in total. The number of hydrogen-bond donors (Lipinski definition) is 0. The monoisotopic (exact) mass is 373 g/mol. The van der Waals surface area contributed by atoms with Gasteiger partial charge in [-0.05, 0) is 49.8 Å². The van der Waals surface area contributed by atoms with E-state index in [2.05, 4.69) is 43.0 Å². The zero-order valence-electron chi connectivity index (χ0n) is 17.3. The molecule has 0 spiro atoms. The summed E-state index contributed by atoms with van der Waals surface area (Å²) in [5, 5.41) is 18.4. The summed E-state index contributed by atoms with van der Waals surface area (Å²) in [6.07, 6.45) is 7.35. The van der Waals surface area contributed by atoms with Crippen molar-refractivity contribution in [1.29, 1.82) is 10.5 Å². The summed E-state index contributed by atoms with van der Waals surface area (Å²) in [6, 6.07) is 12.3. The van der Waals surface area contributed by atoms with Gasteiger partial charge >= 0.3 is 0 Å². The Morgan fingerprint density at radius 1 is 1.00 bits per heavy atom. The smallest absolute Gasteiger partial charge is 0.137 e. The van der Waals surface area contributed by atoms with E-state index in [1.165, 1.54) is 5.69 Å². The number of ether oxygens (including phenoxy) is 1. The van der Waals surface area contributed by atoms with E-state index in [-0.39, 0.29) is 11.0 Å². The molecular formula is C24H27N3O. The van der Waals surface area contributed by atoms with Crippen molar-refractivity contribution in [2.45, 2.75) is 34.6 Å². The zero-order chi connectivity index (χ0) is 20.7. The summed E-state index contributed by atoms with van der Waals surface area (Å²) in [4.78, 5) is 2.29. The van der Waals surface area contributed by atoms with Crippen LogP contribution >= 0.6 is 0 Å². The number of allylic oxidation sites excluding steroid dienone is 6. The Balaban J connectivity index is 2.31. The van der Waals surface area contributed by atoms with Crippen LogP contribution in [0.4, 0.5) is 5.69 Å². The molecule has 144 valence electrons. The standard InChI is InChI=1S/C24H27N3O/c1-6-27(7-2)21-11-8-18(9-12-21)10-13-22-14-19(20(16-25)17-26)15-23(28-22)24(3,4)5/h8-15H,6-7H2,1-5H3/b13-10+. The van der Waals surface area contributed by atoms with E-state index >= 15 is 0 Å². The van der Waals surface area contributed by atoms with E-state index in [1.54, 1.807) is 12.2 Å². The maximum absolute atomic E-state index is 9.22. The van der Waals surface area contributed by atoms with Crippen LogP contribution in [0.2, 0.25) is 0 Å². The lowest BCUT2D eigenvalue weighted by molar-refractivity contribution is 0.223. The Bertz CT molecular complexity index is 891. The quantitative estimate of drug-likeness (QED) is 0.618. The normalized spacial score (nSPS) is 13.9. The molecule has 0 aliphatic carbocycles. The van der Waals surface area contributed by atoms with Gasteiger partial charge in [0.05, 0.1) is 0 Å². The molecule has 1 aromatic carbocycles. The molecule has 0 fully saturated rings. The second-order valence-electron chi connectivity index (χ2n) is 7.56. The van der Waals surface area contributed by atoms with Crippen LogP contribution in [0.5, 0.6) is 0 Å². The van der Waals surface area contributed by atoms with Gasteiger partial charge in [-0.15, -0.1) is 0 Å². The van der Waals surface area contributed by atoms with Gasteiger partial charge in [-0.25, -0.2) is 0 Å². The summed E-state index contributed by atoms with van der Waals surface area (Å²) in [5.74, 6) is 1.34. The maximum Gasteiger partial charge on any atom is 0.137 e. The highest BCUT2D eigenvalue weighted by atomic mass is 16.5. The predicted octanol–water partition coefficient (Wildman–Crippen LogP) is 5.73. The number of hydrogen-bond acceptors (Lipinski definition) is 4. The minimum Gasteiger partial charge on any atom is -0.461 e. The largest absolute Gasteiger partial charge is 0.461 e. The Kier molecular flexibility index (Phi) is 6.85. The van der Waals surface area contributed by atoms with E-state index < -0.39 is 0 Å². The number of rotatable bonds is 5. The highest BCUT2D eigenvalue weighted by Crippen LogP contribution is 2.34. The van der Waals surface area contributed by atoms with Crippen molar-refractivity contribution in [1.82, 2.24) is 0 Å². The molecule has 0 amide bonds. The van der Waals surface area contributed by atoms with Crippen molar-refractivity contribution < 1.29 is 4.74 Å². The van der Waals surface area contributed by atoms with Gasteiger partial charge in [-0.3, -0.25) is 0 Å². The van der Waals surface area contributed by atoms with Crippen LogP contribution in [0.25, 0.3) is 6.08 Å². The van der Waals surface area contributed by atoms with Gasteiger partial charge in [0.25, 0.3) is 0 Å². The minimum atomic E-state index is -0.236. The van der Waals surface area contributed by atoms with E-state index in [0.29, 0.717) is 11.3 Å². The summed E-state index contributed by atoms with van der Waals surface area (Å²) in [5.41, 5.74) is 2.68. The van der Waals surface area contributed by atoms with E-state index in [9.17, 15) is 10.5 Å². The molecule has 1 heterocycles. The highest BCUT2D eigenvalue weighted by molar-refractivity contribution is 5.59. The third-order valence-electron chi connectivity index (χ3n) is 4.53. The van der Waals surface area contributed by atoms with Gasteiger partial charge in [-0.1, -0.05) is 39.0 Å². The Labute approximate surface area is 168 Å². The fourth-order valence-corrected chi connectivity index (χ4v) is 2.84. The third kappa shape index (κ3) is 5.15. The van der Waals surface area contributed by atoms with E-state index in [4.69, 9.17) is 4.74 Å². The Hall–Kier alpha value is -3.24. The zero-order valence-corrected chi connectivity index (χ0v) is 17.3. The highest BCUT2D eigenvalue weighted by Gasteiger charge is 2.23. The van der Waals surface area contributed by atoms with Crippen LogP contribution in [0.1, 0.15) is 40.2 Å². The Morgan fingerprint density at radius 3 is 2.11 bits per heavy atom. The van der Waals surface area contributed by atoms with Gasteiger partial charge < -0.3 is 9.64 Å². The predicted molar refractivity (Wildman–Crippen MR) is 114 cm³/mol. The molecule has 1 aromatic rings. The molecule has 0 radical (unpaired) electrons. The molecule has 0 N–H and O–H groups in total. The molecule has 1 aliphatic rings. The lowest BCUT2D eigenvalue weighted by atomic mass is 9.90. The SMILES string of the molecule is CCN(CC)c1ccc(/C=C/C2=CC(=C(C#N)C#N)C=C(C(C)(C)C)O2)cc1. The molecule has 0 saturated carbocycles. The van der Waals surface area contributed by atoms with Crippen molar-refractivity contribution in [2.75, 3.05) is 18.0 Å². The average Bonchev–Trinajstić information content (AvgIpc) is 2.68. The first-order chi connectivity index (χ1) is 13.3. The van der Waals surface area contributed by atoms with Crippen LogP contribution in [-0.2, 0) is 4.74 Å². The third-order valence-corrected chi connectivity index (χ3v) is 4.53. The van der Waals surface area contributed by atoms with Gasteiger partial charge in [0.2, 0.25) is 0 Å². The molecule has 28 heavy (non-hydrogen) atoms. The molecule has 0 unspecified atom stereocenters.